The minimum absolute atomic E-state index is 0.145. The lowest BCUT2D eigenvalue weighted by atomic mass is 9.81. The first-order valence-electron chi connectivity index (χ1n) is 4.41. The maximum atomic E-state index is 11.6. The van der Waals surface area contributed by atoms with Gasteiger partial charge >= 0.3 is 0 Å². The number of hydrazone groups is 1. The van der Waals surface area contributed by atoms with Crippen LogP contribution in [-0.4, -0.2) is 24.2 Å². The van der Waals surface area contributed by atoms with Crippen LogP contribution in [0.15, 0.2) is 5.10 Å². The molecular weight excluding hydrogens is 152 g/mol. The predicted molar refractivity (Wildman–Crippen MR) is 48.9 cm³/mol. The Morgan fingerprint density at radius 3 is 3.00 bits per heavy atom. The molecule has 12 heavy (non-hydrogen) atoms. The van der Waals surface area contributed by atoms with Crippen molar-refractivity contribution in [1.29, 1.82) is 0 Å². The van der Waals surface area contributed by atoms with E-state index in [-0.39, 0.29) is 11.3 Å². The summed E-state index contributed by atoms with van der Waals surface area (Å²) < 4.78 is 0. The van der Waals surface area contributed by atoms with Crippen molar-refractivity contribution in [3.8, 4) is 0 Å². The molecule has 0 aliphatic carbocycles. The predicted octanol–water partition coefficient (Wildman–Crippen LogP) is 1.64. The minimum Gasteiger partial charge on any atom is -0.272 e. The van der Waals surface area contributed by atoms with Gasteiger partial charge < -0.3 is 0 Å². The van der Waals surface area contributed by atoms with Crippen molar-refractivity contribution in [3.05, 3.63) is 0 Å². The summed E-state index contributed by atoms with van der Waals surface area (Å²) in [6.07, 6.45) is 4.60. The van der Waals surface area contributed by atoms with Crippen LogP contribution in [0, 0.1) is 5.41 Å². The molecule has 0 aromatic heterocycles. The topological polar surface area (TPSA) is 32.7 Å². The van der Waals surface area contributed by atoms with E-state index in [1.807, 2.05) is 13.1 Å². The zero-order valence-corrected chi connectivity index (χ0v) is 8.00. The molecule has 0 radical (unpaired) electrons. The van der Waals surface area contributed by atoms with Crippen LogP contribution in [0.1, 0.15) is 33.1 Å². The summed E-state index contributed by atoms with van der Waals surface area (Å²) >= 11 is 0. The SMILES string of the molecule is CCCC1(C)CC=NN(C)C1=O. The van der Waals surface area contributed by atoms with Gasteiger partial charge in [-0.2, -0.15) is 5.10 Å². The van der Waals surface area contributed by atoms with Gasteiger partial charge in [-0.05, 0) is 12.8 Å². The Morgan fingerprint density at radius 2 is 2.42 bits per heavy atom. The molecule has 3 heteroatoms. The smallest absolute Gasteiger partial charge is 0.248 e. The van der Waals surface area contributed by atoms with Crippen molar-refractivity contribution in [1.82, 2.24) is 5.01 Å². The number of carbonyl (C=O) groups excluding carboxylic acids is 1. The average molecular weight is 168 g/mol. The van der Waals surface area contributed by atoms with E-state index < -0.39 is 0 Å². The zero-order valence-electron chi connectivity index (χ0n) is 8.00. The molecule has 0 aromatic carbocycles. The van der Waals surface area contributed by atoms with Crippen LogP contribution in [0.4, 0.5) is 0 Å². The summed E-state index contributed by atoms with van der Waals surface area (Å²) in [5, 5.41) is 5.39. The average Bonchev–Trinajstić information content (AvgIpc) is 2.01. The van der Waals surface area contributed by atoms with Gasteiger partial charge in [0.05, 0.1) is 5.41 Å². The van der Waals surface area contributed by atoms with E-state index >= 15 is 0 Å². The Kier molecular flexibility index (Phi) is 2.50. The molecule has 0 bridgehead atoms. The maximum Gasteiger partial charge on any atom is 0.248 e. The van der Waals surface area contributed by atoms with Gasteiger partial charge in [-0.3, -0.25) is 4.79 Å². The number of hydrogen-bond acceptors (Lipinski definition) is 2. The van der Waals surface area contributed by atoms with Crippen molar-refractivity contribution in [2.75, 3.05) is 7.05 Å². The van der Waals surface area contributed by atoms with Crippen molar-refractivity contribution in [2.45, 2.75) is 33.1 Å². The lowest BCUT2D eigenvalue weighted by molar-refractivity contribution is -0.140. The lowest BCUT2D eigenvalue weighted by Crippen LogP contribution is -2.41. The van der Waals surface area contributed by atoms with E-state index in [1.165, 1.54) is 5.01 Å². The molecule has 1 amide bonds. The highest BCUT2D eigenvalue weighted by atomic mass is 16.2. The van der Waals surface area contributed by atoms with Gasteiger partial charge in [0.25, 0.3) is 0 Å². The highest BCUT2D eigenvalue weighted by molar-refractivity contribution is 5.87. The molecule has 1 heterocycles. The molecule has 3 nitrogen and oxygen atoms in total. The fraction of sp³-hybridized carbons (Fsp3) is 0.778. The molecule has 68 valence electrons. The molecule has 1 unspecified atom stereocenters. The Hall–Kier alpha value is -0.860. The van der Waals surface area contributed by atoms with Crippen LogP contribution >= 0.6 is 0 Å². The van der Waals surface area contributed by atoms with E-state index in [1.54, 1.807) is 7.05 Å². The maximum absolute atomic E-state index is 11.6. The number of nitrogens with zero attached hydrogens (tertiary/aromatic N) is 2. The molecule has 0 saturated carbocycles. The van der Waals surface area contributed by atoms with Gasteiger partial charge in [-0.25, -0.2) is 5.01 Å². The highest BCUT2D eigenvalue weighted by Gasteiger charge is 2.36. The number of rotatable bonds is 2. The van der Waals surface area contributed by atoms with E-state index in [0.29, 0.717) is 0 Å². The first-order chi connectivity index (χ1) is 5.60. The van der Waals surface area contributed by atoms with Crippen LogP contribution < -0.4 is 0 Å². The van der Waals surface area contributed by atoms with Crippen LogP contribution in [0.3, 0.4) is 0 Å². The molecule has 1 aliphatic heterocycles. The van der Waals surface area contributed by atoms with Crippen molar-refractivity contribution < 1.29 is 4.79 Å². The van der Waals surface area contributed by atoms with Gasteiger partial charge in [-0.15, -0.1) is 0 Å². The van der Waals surface area contributed by atoms with Gasteiger partial charge in [0.2, 0.25) is 5.91 Å². The molecule has 0 spiro atoms. The Morgan fingerprint density at radius 1 is 1.75 bits per heavy atom. The second-order valence-corrected chi connectivity index (χ2v) is 3.64. The molecule has 1 aliphatic rings. The number of amides is 1. The van der Waals surface area contributed by atoms with Gasteiger partial charge in [0.15, 0.2) is 0 Å². The largest absolute Gasteiger partial charge is 0.272 e. The van der Waals surface area contributed by atoms with E-state index in [2.05, 4.69) is 12.0 Å². The monoisotopic (exact) mass is 168 g/mol. The Labute approximate surface area is 73.4 Å². The number of carbonyl (C=O) groups is 1. The molecule has 1 rings (SSSR count). The molecular formula is C9H16N2O. The van der Waals surface area contributed by atoms with Crippen LogP contribution in [0.25, 0.3) is 0 Å². The van der Waals surface area contributed by atoms with Gasteiger partial charge in [-0.1, -0.05) is 20.3 Å². The van der Waals surface area contributed by atoms with Crippen LogP contribution in [-0.2, 0) is 4.79 Å². The summed E-state index contributed by atoms with van der Waals surface area (Å²) in [7, 11) is 1.71. The third-order valence-corrected chi connectivity index (χ3v) is 2.41. The van der Waals surface area contributed by atoms with Crippen molar-refractivity contribution >= 4 is 12.1 Å². The van der Waals surface area contributed by atoms with Gasteiger partial charge in [0, 0.05) is 13.3 Å². The fourth-order valence-corrected chi connectivity index (χ4v) is 1.66. The molecule has 0 aromatic rings. The van der Waals surface area contributed by atoms with Crippen molar-refractivity contribution in [2.24, 2.45) is 10.5 Å². The summed E-state index contributed by atoms with van der Waals surface area (Å²) in [5.41, 5.74) is -0.203. The first-order valence-corrected chi connectivity index (χ1v) is 4.41. The minimum atomic E-state index is -0.203. The molecule has 0 N–H and O–H groups in total. The Bertz CT molecular complexity index is 213. The summed E-state index contributed by atoms with van der Waals surface area (Å²) in [6, 6.07) is 0. The summed E-state index contributed by atoms with van der Waals surface area (Å²) in [5.74, 6) is 0.145. The van der Waals surface area contributed by atoms with Crippen LogP contribution in [0.5, 0.6) is 0 Å². The molecule has 0 saturated heterocycles. The summed E-state index contributed by atoms with van der Waals surface area (Å²) in [6.45, 7) is 4.12. The van der Waals surface area contributed by atoms with E-state index in [9.17, 15) is 4.79 Å². The lowest BCUT2D eigenvalue weighted by Gasteiger charge is -2.32. The standard InChI is InChI=1S/C9H16N2O/c1-4-5-9(2)6-7-10-11(3)8(9)12/h7H,4-6H2,1-3H3. The fourth-order valence-electron chi connectivity index (χ4n) is 1.66. The highest BCUT2D eigenvalue weighted by Crippen LogP contribution is 2.31. The van der Waals surface area contributed by atoms with Gasteiger partial charge in [0.1, 0.15) is 0 Å². The second-order valence-electron chi connectivity index (χ2n) is 3.64. The van der Waals surface area contributed by atoms with Crippen LogP contribution in [0.2, 0.25) is 0 Å². The third kappa shape index (κ3) is 1.49. The normalized spacial score (nSPS) is 29.6. The first kappa shape index (κ1) is 9.23. The van der Waals surface area contributed by atoms with E-state index in [0.717, 1.165) is 19.3 Å². The molecule has 0 fully saturated rings. The summed E-state index contributed by atoms with van der Waals surface area (Å²) in [4.78, 5) is 11.6. The second kappa shape index (κ2) is 3.25. The number of hydrogen-bond donors (Lipinski definition) is 0. The van der Waals surface area contributed by atoms with E-state index in [4.69, 9.17) is 0 Å². The quantitative estimate of drug-likeness (QED) is 0.617. The third-order valence-electron chi connectivity index (χ3n) is 2.41. The zero-order chi connectivity index (χ0) is 9.19. The Balaban J connectivity index is 2.78. The molecule has 1 atom stereocenters. The van der Waals surface area contributed by atoms with Crippen molar-refractivity contribution in [3.63, 3.8) is 0 Å².